The van der Waals surface area contributed by atoms with Gasteiger partial charge in [-0.15, -0.1) is 0 Å². The second kappa shape index (κ2) is 12.4. The molecule has 0 bridgehead atoms. The Hall–Kier alpha value is -4.43. The summed E-state index contributed by atoms with van der Waals surface area (Å²) in [5.74, 6) is -1.10. The summed E-state index contributed by atoms with van der Waals surface area (Å²) in [6, 6.07) is 7.27. The number of nitrogens with one attached hydrogen (secondary N) is 2. The van der Waals surface area contributed by atoms with Crippen LogP contribution in [0.2, 0.25) is 5.02 Å². The van der Waals surface area contributed by atoms with Crippen LogP contribution in [0.25, 0.3) is 17.1 Å². The number of imidazole rings is 1. The van der Waals surface area contributed by atoms with Gasteiger partial charge in [0.2, 0.25) is 0 Å². The number of benzene rings is 1. The summed E-state index contributed by atoms with van der Waals surface area (Å²) in [5.41, 5.74) is 10.4. The van der Waals surface area contributed by atoms with E-state index in [0.717, 1.165) is 36.3 Å². The minimum atomic E-state index is -4.80. The first-order valence-corrected chi connectivity index (χ1v) is 12.9. The summed E-state index contributed by atoms with van der Waals surface area (Å²) in [6.07, 6.45) is 1.35. The fourth-order valence-corrected chi connectivity index (χ4v) is 4.27. The van der Waals surface area contributed by atoms with Gasteiger partial charge < -0.3 is 26.7 Å². The second-order valence-electron chi connectivity index (χ2n) is 9.06. The van der Waals surface area contributed by atoms with E-state index in [4.69, 9.17) is 23.1 Å². The molecule has 0 atom stereocenters. The maximum atomic E-state index is 13.9. The van der Waals surface area contributed by atoms with E-state index < -0.39 is 17.8 Å². The number of aromatic nitrogens is 5. The van der Waals surface area contributed by atoms with Crippen LogP contribution in [0, 0.1) is 0 Å². The molecule has 0 saturated carbocycles. The molecule has 41 heavy (non-hydrogen) atoms. The van der Waals surface area contributed by atoms with Crippen molar-refractivity contribution in [3.8, 4) is 17.1 Å². The Morgan fingerprint density at radius 2 is 1.83 bits per heavy atom. The van der Waals surface area contributed by atoms with Crippen LogP contribution >= 0.6 is 11.6 Å². The van der Waals surface area contributed by atoms with Crippen molar-refractivity contribution in [2.75, 3.05) is 24.1 Å². The van der Waals surface area contributed by atoms with Crippen LogP contribution in [0.15, 0.2) is 48.9 Å². The Morgan fingerprint density at radius 3 is 2.49 bits per heavy atom. The molecule has 0 aliphatic heterocycles. The van der Waals surface area contributed by atoms with Crippen molar-refractivity contribution in [3.63, 3.8) is 0 Å². The third-order valence-corrected chi connectivity index (χ3v) is 6.41. The summed E-state index contributed by atoms with van der Waals surface area (Å²) >= 11 is 6.28. The van der Waals surface area contributed by atoms with Gasteiger partial charge in [-0.2, -0.15) is 18.3 Å². The third kappa shape index (κ3) is 6.84. The number of hydrogen-bond acceptors (Lipinski definition) is 7. The van der Waals surface area contributed by atoms with Crippen LogP contribution < -0.4 is 22.1 Å². The molecular weight excluding hydrogens is 563 g/mol. The van der Waals surface area contributed by atoms with Crippen LogP contribution in [0.3, 0.4) is 0 Å². The van der Waals surface area contributed by atoms with Gasteiger partial charge in [-0.3, -0.25) is 9.59 Å². The molecule has 6 N–H and O–H groups in total. The van der Waals surface area contributed by atoms with Gasteiger partial charge in [0, 0.05) is 25.5 Å². The van der Waals surface area contributed by atoms with E-state index in [1.54, 1.807) is 0 Å². The number of amides is 2. The topological polar surface area (TPSA) is 159 Å². The monoisotopic (exact) mass is 589 g/mol. The van der Waals surface area contributed by atoms with Gasteiger partial charge in [0.05, 0.1) is 39.9 Å². The lowest BCUT2D eigenvalue weighted by atomic mass is 10.1. The van der Waals surface area contributed by atoms with Crippen molar-refractivity contribution in [1.29, 1.82) is 0 Å². The zero-order chi connectivity index (χ0) is 29.7. The maximum absolute atomic E-state index is 13.9. The van der Waals surface area contributed by atoms with Crippen molar-refractivity contribution in [2.24, 2.45) is 12.8 Å². The van der Waals surface area contributed by atoms with Crippen LogP contribution in [0.1, 0.15) is 45.9 Å². The number of alkyl halides is 3. The van der Waals surface area contributed by atoms with E-state index in [1.165, 1.54) is 48.1 Å². The highest BCUT2D eigenvalue weighted by molar-refractivity contribution is 6.34. The fourth-order valence-electron chi connectivity index (χ4n) is 4.00. The molecule has 4 rings (SSSR count). The van der Waals surface area contributed by atoms with Gasteiger partial charge in [-0.25, -0.2) is 14.6 Å². The fraction of sp³-hybridized carbons (Fsp3) is 0.269. The number of pyridine rings is 1. The van der Waals surface area contributed by atoms with Crippen molar-refractivity contribution in [3.05, 3.63) is 71.0 Å². The molecule has 4 aromatic rings. The first-order valence-electron chi connectivity index (χ1n) is 12.5. The summed E-state index contributed by atoms with van der Waals surface area (Å²) < 4.78 is 43.9. The standard InChI is InChI=1S/C26H27ClF3N9O2/c1-38-20(18-14-39(37-22(18)26(28,29)30)21-8-5-15(32)12-34-21)13-35-23(38)25(41)36-16-6-7-17(19(27)11-16)24(40)33-10-4-2-3-9-31/h5-8,11-14H,2-4,9-10,31-32H2,1H3,(H,33,40)(H,36,41). The average molecular weight is 590 g/mol. The third-order valence-electron chi connectivity index (χ3n) is 6.09. The summed E-state index contributed by atoms with van der Waals surface area (Å²) in [7, 11) is 1.41. The number of hydrogen-bond donors (Lipinski definition) is 4. The molecule has 1 aromatic carbocycles. The van der Waals surface area contributed by atoms with Gasteiger partial charge in [0.25, 0.3) is 11.8 Å². The molecular formula is C26H27ClF3N9O2. The van der Waals surface area contributed by atoms with E-state index in [1.807, 2.05) is 0 Å². The van der Waals surface area contributed by atoms with Gasteiger partial charge in [0.15, 0.2) is 17.3 Å². The van der Waals surface area contributed by atoms with Crippen molar-refractivity contribution in [2.45, 2.75) is 25.4 Å². The molecule has 0 aliphatic carbocycles. The van der Waals surface area contributed by atoms with Crippen molar-refractivity contribution >= 4 is 34.8 Å². The summed E-state index contributed by atoms with van der Waals surface area (Å²) in [6.45, 7) is 1.06. The summed E-state index contributed by atoms with van der Waals surface area (Å²) in [4.78, 5) is 33.5. The Bertz CT molecular complexity index is 1550. The van der Waals surface area contributed by atoms with E-state index >= 15 is 0 Å². The molecule has 216 valence electrons. The largest absolute Gasteiger partial charge is 0.435 e. The first-order chi connectivity index (χ1) is 19.5. The zero-order valence-electron chi connectivity index (χ0n) is 21.9. The summed E-state index contributed by atoms with van der Waals surface area (Å²) in [5, 5.41) is 9.17. The maximum Gasteiger partial charge on any atom is 0.435 e. The number of halogens is 4. The molecule has 0 spiro atoms. The smallest absolute Gasteiger partial charge is 0.397 e. The van der Waals surface area contributed by atoms with E-state index in [9.17, 15) is 22.8 Å². The molecule has 3 aromatic heterocycles. The lowest BCUT2D eigenvalue weighted by Gasteiger charge is -2.10. The van der Waals surface area contributed by atoms with Crippen molar-refractivity contribution < 1.29 is 22.8 Å². The molecule has 0 unspecified atom stereocenters. The molecule has 11 nitrogen and oxygen atoms in total. The Labute approximate surface area is 237 Å². The van der Waals surface area contributed by atoms with E-state index in [0.29, 0.717) is 18.8 Å². The number of unbranched alkanes of at least 4 members (excludes halogenated alkanes) is 2. The molecule has 0 radical (unpaired) electrons. The van der Waals surface area contributed by atoms with E-state index in [2.05, 4.69) is 25.7 Å². The number of nitrogen functional groups attached to an aromatic ring is 1. The lowest BCUT2D eigenvalue weighted by Crippen LogP contribution is -2.25. The average Bonchev–Trinajstić information content (AvgIpc) is 3.53. The molecule has 15 heteroatoms. The Balaban J connectivity index is 1.52. The highest BCUT2D eigenvalue weighted by atomic mass is 35.5. The quantitative estimate of drug-likeness (QED) is 0.203. The predicted octanol–water partition coefficient (Wildman–Crippen LogP) is 4.03. The number of nitrogens with zero attached hydrogens (tertiary/aromatic N) is 5. The SMILES string of the molecule is Cn1c(-c2cn(-c3ccc(N)cn3)nc2C(F)(F)F)cnc1C(=O)Nc1ccc(C(=O)NCCCCCN)c(Cl)c1. The molecule has 2 amide bonds. The van der Waals surface area contributed by atoms with Crippen molar-refractivity contribution in [1.82, 2.24) is 29.6 Å². The van der Waals surface area contributed by atoms with Gasteiger partial charge in [-0.05, 0) is 49.7 Å². The van der Waals surface area contributed by atoms with Gasteiger partial charge in [-0.1, -0.05) is 18.0 Å². The Kier molecular flexibility index (Phi) is 8.93. The van der Waals surface area contributed by atoms with Crippen LogP contribution in [0.4, 0.5) is 24.5 Å². The lowest BCUT2D eigenvalue weighted by molar-refractivity contribution is -0.140. The minimum absolute atomic E-state index is 0.000633. The highest BCUT2D eigenvalue weighted by Crippen LogP contribution is 2.36. The Morgan fingerprint density at radius 1 is 1.05 bits per heavy atom. The number of rotatable bonds is 10. The first kappa shape index (κ1) is 29.6. The van der Waals surface area contributed by atoms with Crippen LogP contribution in [-0.2, 0) is 13.2 Å². The molecule has 0 fully saturated rings. The number of anilines is 2. The zero-order valence-corrected chi connectivity index (χ0v) is 22.6. The van der Waals surface area contributed by atoms with E-state index in [-0.39, 0.29) is 45.1 Å². The number of carbonyl (C=O) groups is 2. The number of nitrogens with two attached hydrogens (primary N) is 2. The normalized spacial score (nSPS) is 11.5. The van der Waals surface area contributed by atoms with Gasteiger partial charge >= 0.3 is 6.18 Å². The van der Waals surface area contributed by atoms with Crippen LogP contribution in [0.5, 0.6) is 0 Å². The molecule has 0 aliphatic rings. The minimum Gasteiger partial charge on any atom is -0.397 e. The van der Waals surface area contributed by atoms with Gasteiger partial charge in [0.1, 0.15) is 0 Å². The predicted molar refractivity (Wildman–Crippen MR) is 148 cm³/mol. The number of carbonyl (C=O) groups excluding carboxylic acids is 2. The second-order valence-corrected chi connectivity index (χ2v) is 9.47. The molecule has 3 heterocycles. The molecule has 0 saturated heterocycles. The van der Waals surface area contributed by atoms with Crippen LogP contribution in [-0.4, -0.2) is 49.2 Å². The highest BCUT2D eigenvalue weighted by Gasteiger charge is 2.39.